The van der Waals surface area contributed by atoms with Crippen molar-refractivity contribution in [3.8, 4) is 0 Å². The third-order valence-corrected chi connectivity index (χ3v) is 6.66. The monoisotopic (exact) mass is 469 g/mol. The van der Waals surface area contributed by atoms with E-state index in [1.807, 2.05) is 0 Å². The fourth-order valence-corrected chi connectivity index (χ4v) is 4.58. The summed E-state index contributed by atoms with van der Waals surface area (Å²) in [5, 5.41) is 0.448. The van der Waals surface area contributed by atoms with Crippen LogP contribution in [0.15, 0.2) is 60.0 Å². The van der Waals surface area contributed by atoms with Crippen molar-refractivity contribution in [2.24, 2.45) is 0 Å². The van der Waals surface area contributed by atoms with Crippen molar-refractivity contribution in [2.45, 2.75) is 17.4 Å². The largest absolute Gasteiger partial charge is 0.463 e. The van der Waals surface area contributed by atoms with Gasteiger partial charge in [0.25, 0.3) is 10.0 Å². The number of anilines is 1. The summed E-state index contributed by atoms with van der Waals surface area (Å²) in [6, 6.07) is 9.92. The van der Waals surface area contributed by atoms with Crippen LogP contribution in [-0.4, -0.2) is 39.6 Å². The minimum Gasteiger partial charge on any atom is -0.463 e. The van der Waals surface area contributed by atoms with E-state index < -0.39 is 28.1 Å². The van der Waals surface area contributed by atoms with Crippen molar-refractivity contribution in [3.63, 3.8) is 0 Å². The predicted molar refractivity (Wildman–Crippen MR) is 112 cm³/mol. The van der Waals surface area contributed by atoms with Crippen molar-refractivity contribution >= 4 is 50.9 Å². The van der Waals surface area contributed by atoms with Crippen molar-refractivity contribution in [3.05, 3.63) is 70.7 Å². The second kappa shape index (κ2) is 9.07. The van der Waals surface area contributed by atoms with Gasteiger partial charge in [-0.1, -0.05) is 29.3 Å². The summed E-state index contributed by atoms with van der Waals surface area (Å²) in [6.07, 6.45) is 0.618. The molecule has 10 heteroatoms. The highest BCUT2D eigenvalue weighted by Gasteiger charge is 2.32. The molecule has 0 radical (unpaired) electrons. The summed E-state index contributed by atoms with van der Waals surface area (Å²) < 4.78 is 37.5. The molecule has 3 rings (SSSR count). The van der Waals surface area contributed by atoms with E-state index in [1.54, 1.807) is 24.3 Å². The standard InChI is InChI=1S/C20H17Cl2NO6S/c1-2-10-23(14-5-3-13(21)4-6-14)30(26,27)15-7-8-17(22)16(12-15)19(24)29-18-9-11-28-20(18)25/h2-8,12,18H,1,9-11H2/t18-/m1/s1. The molecule has 7 nitrogen and oxygen atoms in total. The van der Waals surface area contributed by atoms with Gasteiger partial charge in [-0.2, -0.15) is 0 Å². The van der Waals surface area contributed by atoms with Crippen LogP contribution in [0.4, 0.5) is 5.69 Å². The van der Waals surface area contributed by atoms with Crippen molar-refractivity contribution in [1.29, 1.82) is 0 Å². The zero-order valence-electron chi connectivity index (χ0n) is 15.6. The molecule has 0 saturated carbocycles. The van der Waals surface area contributed by atoms with Gasteiger partial charge in [0.15, 0.2) is 0 Å². The highest BCUT2D eigenvalue weighted by molar-refractivity contribution is 7.92. The van der Waals surface area contributed by atoms with Gasteiger partial charge in [0.2, 0.25) is 6.10 Å². The van der Waals surface area contributed by atoms with Crippen LogP contribution in [0.1, 0.15) is 16.8 Å². The lowest BCUT2D eigenvalue weighted by atomic mass is 10.2. The molecule has 0 spiro atoms. The summed E-state index contributed by atoms with van der Waals surface area (Å²) in [7, 11) is -4.08. The molecule has 158 valence electrons. The minimum atomic E-state index is -4.08. The van der Waals surface area contributed by atoms with E-state index >= 15 is 0 Å². The van der Waals surface area contributed by atoms with Gasteiger partial charge in [-0.05, 0) is 42.5 Å². The predicted octanol–water partition coefficient (Wildman–Crippen LogP) is 3.85. The van der Waals surface area contributed by atoms with E-state index in [2.05, 4.69) is 6.58 Å². The Morgan fingerprint density at radius 3 is 2.53 bits per heavy atom. The maximum atomic E-state index is 13.3. The lowest BCUT2D eigenvalue weighted by molar-refractivity contribution is -0.145. The summed E-state index contributed by atoms with van der Waals surface area (Å²) in [5.41, 5.74) is 0.194. The molecule has 1 saturated heterocycles. The lowest BCUT2D eigenvalue weighted by Gasteiger charge is -2.23. The average molecular weight is 470 g/mol. The molecule has 2 aromatic rings. The molecule has 0 amide bonds. The number of nitrogens with zero attached hydrogens (tertiary/aromatic N) is 1. The first kappa shape index (κ1) is 22.1. The molecule has 2 aromatic carbocycles. The maximum Gasteiger partial charge on any atom is 0.347 e. The van der Waals surface area contributed by atoms with Crippen LogP contribution in [-0.2, 0) is 24.3 Å². The Balaban J connectivity index is 1.95. The SMILES string of the molecule is C=CCN(c1ccc(Cl)cc1)S(=O)(=O)c1ccc(Cl)c(C(=O)O[C@@H]2CCOC2=O)c1. The van der Waals surface area contributed by atoms with Gasteiger partial charge in [-0.15, -0.1) is 6.58 Å². The zero-order chi connectivity index (χ0) is 21.9. The van der Waals surface area contributed by atoms with Gasteiger partial charge < -0.3 is 9.47 Å². The summed E-state index contributed by atoms with van der Waals surface area (Å²) >= 11 is 12.0. The normalized spacial score (nSPS) is 16.1. The Hall–Kier alpha value is -2.55. The van der Waals surface area contributed by atoms with Crippen molar-refractivity contribution in [2.75, 3.05) is 17.5 Å². The van der Waals surface area contributed by atoms with Crippen LogP contribution in [0.5, 0.6) is 0 Å². The fraction of sp³-hybridized carbons (Fsp3) is 0.200. The van der Waals surface area contributed by atoms with Gasteiger partial charge in [-0.25, -0.2) is 18.0 Å². The Morgan fingerprint density at radius 1 is 1.23 bits per heavy atom. The molecular formula is C20H17Cl2NO6S. The summed E-state index contributed by atoms with van der Waals surface area (Å²) in [5.74, 6) is -1.56. The molecule has 1 aliphatic heterocycles. The average Bonchev–Trinajstić information content (AvgIpc) is 3.11. The first-order valence-corrected chi connectivity index (χ1v) is 11.0. The Kier molecular flexibility index (Phi) is 6.70. The molecule has 0 aliphatic carbocycles. The van der Waals surface area contributed by atoms with Crippen LogP contribution in [0, 0.1) is 0 Å². The number of carbonyl (C=O) groups excluding carboxylic acids is 2. The first-order chi connectivity index (χ1) is 14.2. The molecule has 1 heterocycles. The van der Waals surface area contributed by atoms with Crippen molar-refractivity contribution in [1.82, 2.24) is 0 Å². The van der Waals surface area contributed by atoms with Crippen LogP contribution in [0.25, 0.3) is 0 Å². The molecule has 1 atom stereocenters. The number of sulfonamides is 1. The molecule has 0 N–H and O–H groups in total. The highest BCUT2D eigenvalue weighted by Crippen LogP contribution is 2.28. The van der Waals surface area contributed by atoms with Crippen LogP contribution in [0.2, 0.25) is 10.0 Å². The molecule has 1 aliphatic rings. The van der Waals surface area contributed by atoms with Gasteiger partial charge >= 0.3 is 11.9 Å². The molecule has 0 aromatic heterocycles. The van der Waals surface area contributed by atoms with Gasteiger partial charge in [0.1, 0.15) is 0 Å². The number of esters is 2. The Bertz CT molecular complexity index is 1080. The van der Waals surface area contributed by atoms with E-state index in [-0.39, 0.29) is 35.1 Å². The number of carbonyl (C=O) groups is 2. The zero-order valence-corrected chi connectivity index (χ0v) is 17.9. The number of hydrogen-bond acceptors (Lipinski definition) is 6. The molecule has 30 heavy (non-hydrogen) atoms. The Labute approximate surface area is 183 Å². The van der Waals surface area contributed by atoms with E-state index in [0.29, 0.717) is 10.7 Å². The second-order valence-corrected chi connectivity index (χ2v) is 9.00. The third kappa shape index (κ3) is 4.61. The molecule has 1 fully saturated rings. The number of ether oxygens (including phenoxy) is 2. The topological polar surface area (TPSA) is 90.0 Å². The van der Waals surface area contributed by atoms with E-state index in [0.717, 1.165) is 10.4 Å². The summed E-state index contributed by atoms with van der Waals surface area (Å²) in [4.78, 5) is 23.9. The smallest absolute Gasteiger partial charge is 0.347 e. The fourth-order valence-electron chi connectivity index (χ4n) is 2.79. The quantitative estimate of drug-likeness (QED) is 0.451. The number of rotatable bonds is 7. The van der Waals surface area contributed by atoms with Crippen LogP contribution >= 0.6 is 23.2 Å². The van der Waals surface area contributed by atoms with Crippen molar-refractivity contribution < 1.29 is 27.5 Å². The van der Waals surface area contributed by atoms with Crippen LogP contribution < -0.4 is 4.31 Å². The molecule has 0 unspecified atom stereocenters. The number of halogens is 2. The van der Waals surface area contributed by atoms with Gasteiger partial charge in [0, 0.05) is 11.4 Å². The summed E-state index contributed by atoms with van der Waals surface area (Å²) in [6.45, 7) is 3.74. The van der Waals surface area contributed by atoms with Gasteiger partial charge in [-0.3, -0.25) is 4.31 Å². The van der Waals surface area contributed by atoms with E-state index in [1.165, 1.54) is 18.2 Å². The highest BCUT2D eigenvalue weighted by atomic mass is 35.5. The lowest BCUT2D eigenvalue weighted by Crippen LogP contribution is -2.31. The number of benzene rings is 2. The minimum absolute atomic E-state index is 0.00734. The Morgan fingerprint density at radius 2 is 1.93 bits per heavy atom. The van der Waals surface area contributed by atoms with Crippen LogP contribution in [0.3, 0.4) is 0 Å². The van der Waals surface area contributed by atoms with E-state index in [4.69, 9.17) is 32.7 Å². The molecular weight excluding hydrogens is 453 g/mol. The number of hydrogen-bond donors (Lipinski definition) is 0. The van der Waals surface area contributed by atoms with Gasteiger partial charge in [0.05, 0.1) is 34.3 Å². The first-order valence-electron chi connectivity index (χ1n) is 8.80. The number of cyclic esters (lactones) is 1. The third-order valence-electron chi connectivity index (χ3n) is 4.29. The molecule has 0 bridgehead atoms. The van der Waals surface area contributed by atoms with E-state index in [9.17, 15) is 18.0 Å². The maximum absolute atomic E-state index is 13.3. The second-order valence-electron chi connectivity index (χ2n) is 6.29.